The summed E-state index contributed by atoms with van der Waals surface area (Å²) < 4.78 is 6.23. The summed E-state index contributed by atoms with van der Waals surface area (Å²) in [6, 6.07) is 0. The first-order valence-corrected chi connectivity index (χ1v) is 10.1. The lowest BCUT2D eigenvalue weighted by molar-refractivity contribution is 0.00461. The predicted octanol–water partition coefficient (Wildman–Crippen LogP) is 4.83. The summed E-state index contributed by atoms with van der Waals surface area (Å²) in [7, 11) is 0. The van der Waals surface area contributed by atoms with Gasteiger partial charge in [-0.15, -0.1) is 0 Å². The molecule has 2 N–H and O–H groups in total. The van der Waals surface area contributed by atoms with Crippen molar-refractivity contribution in [1.82, 2.24) is 0 Å². The number of hydrogen-bond donors (Lipinski definition) is 2. The molecule has 0 aromatic heterocycles. The van der Waals surface area contributed by atoms with Gasteiger partial charge in [0, 0.05) is 17.4 Å². The Morgan fingerprint density at radius 1 is 1.29 bits per heavy atom. The number of carbonyl (C=O) groups excluding carboxylic acids is 2. The van der Waals surface area contributed by atoms with E-state index in [1.807, 2.05) is 13.8 Å². The van der Waals surface area contributed by atoms with Crippen LogP contribution >= 0.6 is 0 Å². The summed E-state index contributed by atoms with van der Waals surface area (Å²) in [5.41, 5.74) is 1.27. The molecule has 2 aliphatic rings. The van der Waals surface area contributed by atoms with Crippen molar-refractivity contribution in [1.29, 1.82) is 0 Å². The summed E-state index contributed by atoms with van der Waals surface area (Å²) in [6.07, 6.45) is 4.91. The van der Waals surface area contributed by atoms with Gasteiger partial charge in [0.1, 0.15) is 28.9 Å². The van der Waals surface area contributed by atoms with Crippen molar-refractivity contribution in [3.63, 3.8) is 0 Å². The molecule has 1 aromatic rings. The number of aldehydes is 1. The van der Waals surface area contributed by atoms with E-state index in [9.17, 15) is 19.8 Å². The molecule has 2 atom stereocenters. The van der Waals surface area contributed by atoms with Gasteiger partial charge in [0.05, 0.1) is 5.56 Å². The number of carbonyl (C=O) groups is 2. The van der Waals surface area contributed by atoms with Gasteiger partial charge in [-0.05, 0) is 44.1 Å². The minimum Gasteiger partial charge on any atom is -0.507 e. The van der Waals surface area contributed by atoms with E-state index in [2.05, 4.69) is 26.8 Å². The molecular formula is C23H30O5. The highest BCUT2D eigenvalue weighted by Gasteiger charge is 2.49. The summed E-state index contributed by atoms with van der Waals surface area (Å²) in [4.78, 5) is 24.5. The number of hydrogen-bond acceptors (Lipinski definition) is 5. The number of fused-ring (bicyclic) bond motifs is 2. The van der Waals surface area contributed by atoms with E-state index in [1.54, 1.807) is 0 Å². The molecule has 1 aliphatic heterocycles. The van der Waals surface area contributed by atoms with Gasteiger partial charge in [-0.1, -0.05) is 33.3 Å². The molecule has 152 valence electrons. The lowest BCUT2D eigenvalue weighted by Gasteiger charge is -2.49. The molecule has 1 aliphatic carbocycles. The van der Waals surface area contributed by atoms with Crippen LogP contribution in [0.25, 0.3) is 0 Å². The number of allylic oxidation sites excluding steroid dienone is 1. The first kappa shape index (κ1) is 20.4. The molecule has 0 amide bonds. The van der Waals surface area contributed by atoms with Crippen LogP contribution in [-0.4, -0.2) is 28.4 Å². The molecule has 0 saturated heterocycles. The molecule has 3 rings (SSSR count). The van der Waals surface area contributed by atoms with Crippen LogP contribution in [0, 0.1) is 17.3 Å². The Morgan fingerprint density at radius 3 is 2.54 bits per heavy atom. The zero-order chi connectivity index (χ0) is 20.8. The SMILES string of the molecule is CC1=CC2Oc3c(C=O)c(O)c(C(=O)CC(C)C)c(O)c3CC2(C(C)C)CC1. The molecular weight excluding hydrogens is 356 g/mol. The van der Waals surface area contributed by atoms with Crippen molar-refractivity contribution in [2.45, 2.75) is 66.4 Å². The smallest absolute Gasteiger partial charge is 0.170 e. The molecule has 0 spiro atoms. The third kappa shape index (κ3) is 3.11. The monoisotopic (exact) mass is 386 g/mol. The van der Waals surface area contributed by atoms with Crippen LogP contribution in [0.15, 0.2) is 11.6 Å². The molecule has 1 aromatic carbocycles. The number of benzene rings is 1. The van der Waals surface area contributed by atoms with E-state index in [0.717, 1.165) is 12.8 Å². The van der Waals surface area contributed by atoms with Crippen molar-refractivity contribution >= 4 is 12.1 Å². The van der Waals surface area contributed by atoms with Gasteiger partial charge in [0.25, 0.3) is 0 Å². The quantitative estimate of drug-likeness (QED) is 0.430. The number of phenolic OH excluding ortho intramolecular Hbond substituents is 2. The molecule has 5 heteroatoms. The highest BCUT2D eigenvalue weighted by Crippen LogP contribution is 2.55. The topological polar surface area (TPSA) is 83.8 Å². The van der Waals surface area contributed by atoms with Crippen LogP contribution in [0.1, 0.15) is 80.2 Å². The Bertz CT molecular complexity index is 849. The lowest BCUT2D eigenvalue weighted by Crippen LogP contribution is -2.49. The van der Waals surface area contributed by atoms with E-state index >= 15 is 0 Å². The predicted molar refractivity (Wildman–Crippen MR) is 107 cm³/mol. The minimum absolute atomic E-state index is 0.0473. The summed E-state index contributed by atoms with van der Waals surface area (Å²) >= 11 is 0. The normalized spacial score (nSPS) is 23.7. The molecule has 0 fully saturated rings. The molecule has 0 saturated carbocycles. The maximum Gasteiger partial charge on any atom is 0.170 e. The van der Waals surface area contributed by atoms with Crippen molar-refractivity contribution in [2.24, 2.45) is 17.3 Å². The van der Waals surface area contributed by atoms with E-state index in [-0.39, 0.29) is 58.2 Å². The number of phenols is 2. The molecule has 2 unspecified atom stereocenters. The fourth-order valence-electron chi connectivity index (χ4n) is 4.62. The second kappa shape index (κ2) is 7.26. The molecule has 1 heterocycles. The average Bonchev–Trinajstić information content (AvgIpc) is 2.60. The van der Waals surface area contributed by atoms with E-state index in [4.69, 9.17) is 4.74 Å². The average molecular weight is 386 g/mol. The minimum atomic E-state index is -0.481. The van der Waals surface area contributed by atoms with Crippen LogP contribution in [0.2, 0.25) is 0 Å². The Hall–Kier alpha value is -2.30. The first-order valence-electron chi connectivity index (χ1n) is 10.1. The number of ether oxygens (including phenoxy) is 1. The van der Waals surface area contributed by atoms with Gasteiger partial charge in [-0.2, -0.15) is 0 Å². The van der Waals surface area contributed by atoms with Gasteiger partial charge >= 0.3 is 0 Å². The van der Waals surface area contributed by atoms with Crippen LogP contribution < -0.4 is 4.74 Å². The van der Waals surface area contributed by atoms with Crippen LogP contribution in [0.5, 0.6) is 17.2 Å². The number of rotatable bonds is 5. The summed E-state index contributed by atoms with van der Waals surface area (Å²) in [5, 5.41) is 21.6. The number of ketones is 1. The first-order chi connectivity index (χ1) is 13.1. The van der Waals surface area contributed by atoms with Crippen molar-refractivity contribution in [3.8, 4) is 17.2 Å². The fraction of sp³-hybridized carbons (Fsp3) is 0.565. The Kier molecular flexibility index (Phi) is 5.30. The summed E-state index contributed by atoms with van der Waals surface area (Å²) in [5.74, 6) is -0.540. The van der Waals surface area contributed by atoms with Crippen LogP contribution in [-0.2, 0) is 6.42 Å². The zero-order valence-electron chi connectivity index (χ0n) is 17.3. The Balaban J connectivity index is 2.22. The largest absolute Gasteiger partial charge is 0.507 e. The zero-order valence-corrected chi connectivity index (χ0v) is 17.3. The van der Waals surface area contributed by atoms with E-state index in [0.29, 0.717) is 18.3 Å². The van der Waals surface area contributed by atoms with Crippen molar-refractivity contribution in [3.05, 3.63) is 28.3 Å². The van der Waals surface area contributed by atoms with Gasteiger partial charge in [-0.25, -0.2) is 0 Å². The molecule has 28 heavy (non-hydrogen) atoms. The molecule has 5 nitrogen and oxygen atoms in total. The maximum absolute atomic E-state index is 12.7. The Labute approximate surface area is 166 Å². The number of Topliss-reactive ketones (excluding diaryl/α,β-unsaturated/α-hetero) is 1. The van der Waals surface area contributed by atoms with Gasteiger partial charge in [0.2, 0.25) is 0 Å². The second-order valence-electron chi connectivity index (χ2n) is 9.05. The molecule has 0 radical (unpaired) electrons. The van der Waals surface area contributed by atoms with Crippen LogP contribution in [0.4, 0.5) is 0 Å². The van der Waals surface area contributed by atoms with Gasteiger partial charge in [0.15, 0.2) is 12.1 Å². The van der Waals surface area contributed by atoms with Crippen LogP contribution in [0.3, 0.4) is 0 Å². The van der Waals surface area contributed by atoms with Gasteiger partial charge in [-0.3, -0.25) is 9.59 Å². The highest BCUT2D eigenvalue weighted by molar-refractivity contribution is 6.05. The Morgan fingerprint density at radius 2 is 1.96 bits per heavy atom. The highest BCUT2D eigenvalue weighted by atomic mass is 16.5. The van der Waals surface area contributed by atoms with E-state index < -0.39 is 5.75 Å². The molecule has 0 bridgehead atoms. The number of aromatic hydroxyl groups is 2. The standard InChI is InChI=1S/C23H30O5/c1-12(2)8-17(25)19-20(26)15-10-23(13(3)4)7-6-14(5)9-18(23)28-22(15)16(11-24)21(19)27/h9,11-13,18,26-27H,6-8,10H2,1-5H3. The van der Waals surface area contributed by atoms with Gasteiger partial charge < -0.3 is 14.9 Å². The fourth-order valence-corrected chi connectivity index (χ4v) is 4.62. The summed E-state index contributed by atoms with van der Waals surface area (Å²) in [6.45, 7) is 10.1. The maximum atomic E-state index is 12.7. The third-order valence-electron chi connectivity index (χ3n) is 6.41. The van der Waals surface area contributed by atoms with E-state index in [1.165, 1.54) is 5.57 Å². The second-order valence-corrected chi connectivity index (χ2v) is 9.05. The third-order valence-corrected chi connectivity index (χ3v) is 6.41. The lowest BCUT2D eigenvalue weighted by atomic mass is 9.61. The van der Waals surface area contributed by atoms with Crippen molar-refractivity contribution < 1.29 is 24.5 Å². The van der Waals surface area contributed by atoms with Crippen molar-refractivity contribution in [2.75, 3.05) is 0 Å².